The van der Waals surface area contributed by atoms with Crippen LogP contribution >= 0.6 is 11.6 Å². The molecule has 154 valence electrons. The maximum absolute atomic E-state index is 10.7. The third-order valence-electron chi connectivity index (χ3n) is 4.85. The van der Waals surface area contributed by atoms with Gasteiger partial charge in [-0.1, -0.05) is 11.6 Å². The number of hydrogen-bond acceptors (Lipinski definition) is 6. The Morgan fingerprint density at radius 1 is 1.21 bits per heavy atom. The van der Waals surface area contributed by atoms with E-state index < -0.39 is 6.10 Å². The minimum absolute atomic E-state index is 0.201. The van der Waals surface area contributed by atoms with Gasteiger partial charge in [-0.2, -0.15) is 5.10 Å². The molecule has 0 saturated heterocycles. The number of nitrogens with zero attached hydrogens (tertiary/aromatic N) is 3. The fourth-order valence-corrected chi connectivity index (χ4v) is 3.76. The lowest BCUT2D eigenvalue weighted by Crippen LogP contribution is -2.34. The smallest absolute Gasteiger partial charge is 0.231 e. The highest BCUT2D eigenvalue weighted by molar-refractivity contribution is 6.31. The zero-order valence-electron chi connectivity index (χ0n) is 16.5. The SMILES string of the molecule is Cc1cc(C)n(C[C@@H](O)CN(Cc2ccco2)Cc2cc3c(cc2Cl)OCO3)n1. The maximum atomic E-state index is 10.7. The number of hydrogen-bond donors (Lipinski definition) is 1. The number of ether oxygens (including phenoxy) is 2. The molecule has 0 aliphatic carbocycles. The van der Waals surface area contributed by atoms with Gasteiger partial charge in [0, 0.05) is 29.9 Å². The molecule has 29 heavy (non-hydrogen) atoms. The van der Waals surface area contributed by atoms with E-state index in [9.17, 15) is 5.11 Å². The van der Waals surface area contributed by atoms with Crippen LogP contribution in [0, 0.1) is 13.8 Å². The lowest BCUT2D eigenvalue weighted by Gasteiger charge is -2.25. The normalized spacial score (nSPS) is 14.0. The molecule has 0 saturated carbocycles. The first kappa shape index (κ1) is 19.8. The number of aliphatic hydroxyl groups excluding tert-OH is 1. The fraction of sp³-hybridized carbons (Fsp3) is 0.381. The fourth-order valence-electron chi connectivity index (χ4n) is 3.54. The van der Waals surface area contributed by atoms with E-state index in [1.165, 1.54) is 0 Å². The number of aliphatic hydroxyl groups is 1. The van der Waals surface area contributed by atoms with Crippen LogP contribution in [-0.2, 0) is 19.6 Å². The number of aromatic nitrogens is 2. The second-order valence-corrected chi connectivity index (χ2v) is 7.72. The summed E-state index contributed by atoms with van der Waals surface area (Å²) in [5.74, 6) is 2.16. The second kappa shape index (κ2) is 8.49. The van der Waals surface area contributed by atoms with Crippen LogP contribution in [0.5, 0.6) is 11.5 Å². The summed E-state index contributed by atoms with van der Waals surface area (Å²) >= 11 is 6.46. The summed E-state index contributed by atoms with van der Waals surface area (Å²) in [6, 6.07) is 9.44. The van der Waals surface area contributed by atoms with Gasteiger partial charge in [-0.25, -0.2) is 0 Å². The van der Waals surface area contributed by atoms with Gasteiger partial charge < -0.3 is 19.0 Å². The van der Waals surface area contributed by atoms with Gasteiger partial charge in [-0.05, 0) is 43.7 Å². The van der Waals surface area contributed by atoms with Crippen molar-refractivity contribution in [3.8, 4) is 11.5 Å². The van der Waals surface area contributed by atoms with Crippen molar-refractivity contribution in [3.63, 3.8) is 0 Å². The minimum Gasteiger partial charge on any atom is -0.468 e. The average molecular weight is 418 g/mol. The van der Waals surface area contributed by atoms with Gasteiger partial charge in [-0.15, -0.1) is 0 Å². The molecule has 0 unspecified atom stereocenters. The molecule has 1 aliphatic rings. The molecule has 3 heterocycles. The Balaban J connectivity index is 1.49. The Bertz CT molecular complexity index is 971. The second-order valence-electron chi connectivity index (χ2n) is 7.31. The van der Waals surface area contributed by atoms with Gasteiger partial charge in [0.2, 0.25) is 6.79 Å². The largest absolute Gasteiger partial charge is 0.468 e. The van der Waals surface area contributed by atoms with Crippen LogP contribution in [0.2, 0.25) is 5.02 Å². The number of benzene rings is 1. The van der Waals surface area contributed by atoms with Gasteiger partial charge in [-0.3, -0.25) is 9.58 Å². The Hall–Kier alpha value is -2.48. The lowest BCUT2D eigenvalue weighted by atomic mass is 10.1. The molecule has 4 rings (SSSR count). The molecule has 0 bridgehead atoms. The molecular formula is C21H24ClN3O4. The quantitative estimate of drug-likeness (QED) is 0.604. The number of fused-ring (bicyclic) bond motifs is 1. The van der Waals surface area contributed by atoms with Crippen molar-refractivity contribution < 1.29 is 19.0 Å². The molecule has 0 spiro atoms. The summed E-state index contributed by atoms with van der Waals surface area (Å²) < 4.78 is 18.2. The van der Waals surface area contributed by atoms with E-state index in [0.29, 0.717) is 42.7 Å². The van der Waals surface area contributed by atoms with Gasteiger partial charge in [0.1, 0.15) is 5.76 Å². The molecular weight excluding hydrogens is 394 g/mol. The van der Waals surface area contributed by atoms with Crippen LogP contribution in [0.1, 0.15) is 22.7 Å². The number of rotatable bonds is 8. The monoisotopic (exact) mass is 417 g/mol. The standard InChI is InChI=1S/C21H24ClN3O4/c1-14-6-15(2)25(23-14)11-17(26)10-24(12-18-4-3-5-27-18)9-16-7-20-21(8-19(16)22)29-13-28-20/h3-8,17,26H,9-13H2,1-2H3/t17-/m0/s1. The van der Waals surface area contributed by atoms with Crippen molar-refractivity contribution in [2.75, 3.05) is 13.3 Å². The predicted molar refractivity (Wildman–Crippen MR) is 108 cm³/mol. The Morgan fingerprint density at radius 3 is 2.69 bits per heavy atom. The van der Waals surface area contributed by atoms with Crippen LogP contribution in [0.4, 0.5) is 0 Å². The summed E-state index contributed by atoms with van der Waals surface area (Å²) in [4.78, 5) is 2.10. The zero-order chi connectivity index (χ0) is 20.4. The van der Waals surface area contributed by atoms with E-state index >= 15 is 0 Å². The first-order valence-electron chi connectivity index (χ1n) is 9.50. The molecule has 8 heteroatoms. The van der Waals surface area contributed by atoms with E-state index in [1.807, 2.05) is 42.8 Å². The van der Waals surface area contributed by atoms with Crippen LogP contribution in [0.15, 0.2) is 41.0 Å². The molecule has 0 amide bonds. The lowest BCUT2D eigenvalue weighted by molar-refractivity contribution is 0.0839. The van der Waals surface area contributed by atoms with E-state index in [0.717, 1.165) is 22.7 Å². The van der Waals surface area contributed by atoms with Gasteiger partial charge in [0.05, 0.1) is 31.2 Å². The van der Waals surface area contributed by atoms with E-state index in [4.69, 9.17) is 25.5 Å². The zero-order valence-corrected chi connectivity index (χ0v) is 17.2. The average Bonchev–Trinajstić information content (AvgIpc) is 3.38. The van der Waals surface area contributed by atoms with E-state index in [2.05, 4.69) is 10.00 Å². The van der Waals surface area contributed by atoms with Crippen molar-refractivity contribution in [2.24, 2.45) is 0 Å². The highest BCUT2D eigenvalue weighted by atomic mass is 35.5. The van der Waals surface area contributed by atoms with Crippen LogP contribution in [-0.4, -0.2) is 39.2 Å². The molecule has 1 aromatic carbocycles. The molecule has 0 fully saturated rings. The van der Waals surface area contributed by atoms with Crippen LogP contribution < -0.4 is 9.47 Å². The molecule has 1 atom stereocenters. The van der Waals surface area contributed by atoms with Crippen molar-refractivity contribution in [3.05, 3.63) is 64.3 Å². The number of furan rings is 1. The first-order chi connectivity index (χ1) is 14.0. The van der Waals surface area contributed by atoms with Crippen molar-refractivity contribution in [2.45, 2.75) is 39.6 Å². The topological polar surface area (TPSA) is 72.9 Å². The number of aryl methyl sites for hydroxylation is 2. The number of halogens is 1. The Morgan fingerprint density at radius 2 is 2.00 bits per heavy atom. The van der Waals surface area contributed by atoms with Gasteiger partial charge in [0.15, 0.2) is 11.5 Å². The maximum Gasteiger partial charge on any atom is 0.231 e. The van der Waals surface area contributed by atoms with Gasteiger partial charge in [0.25, 0.3) is 0 Å². The van der Waals surface area contributed by atoms with Crippen molar-refractivity contribution in [1.82, 2.24) is 14.7 Å². The highest BCUT2D eigenvalue weighted by Gasteiger charge is 2.20. The summed E-state index contributed by atoms with van der Waals surface area (Å²) in [6.07, 6.45) is 1.05. The molecule has 1 aliphatic heterocycles. The minimum atomic E-state index is -0.601. The van der Waals surface area contributed by atoms with Crippen LogP contribution in [0.3, 0.4) is 0 Å². The molecule has 3 aromatic rings. The summed E-state index contributed by atoms with van der Waals surface area (Å²) in [5.41, 5.74) is 2.87. The van der Waals surface area contributed by atoms with Gasteiger partial charge >= 0.3 is 0 Å². The summed E-state index contributed by atoms with van der Waals surface area (Å²) in [7, 11) is 0. The Labute approximate surface area is 174 Å². The van der Waals surface area contributed by atoms with Crippen molar-refractivity contribution >= 4 is 11.6 Å². The Kier molecular flexibility index (Phi) is 5.80. The highest BCUT2D eigenvalue weighted by Crippen LogP contribution is 2.37. The molecule has 1 N–H and O–H groups in total. The van der Waals surface area contributed by atoms with Crippen molar-refractivity contribution in [1.29, 1.82) is 0 Å². The van der Waals surface area contributed by atoms with E-state index in [1.54, 1.807) is 12.3 Å². The van der Waals surface area contributed by atoms with Crippen LogP contribution in [0.25, 0.3) is 0 Å². The first-order valence-corrected chi connectivity index (χ1v) is 9.87. The summed E-state index contributed by atoms with van der Waals surface area (Å²) in [5, 5.41) is 15.8. The van der Waals surface area contributed by atoms with E-state index in [-0.39, 0.29) is 6.79 Å². The third-order valence-corrected chi connectivity index (χ3v) is 5.20. The molecule has 2 aromatic heterocycles. The predicted octanol–water partition coefficient (Wildman–Crippen LogP) is 3.54. The molecule has 0 radical (unpaired) electrons. The summed E-state index contributed by atoms with van der Waals surface area (Å²) in [6.45, 7) is 6.07. The molecule has 7 nitrogen and oxygen atoms in total. The third kappa shape index (κ3) is 4.75.